The summed E-state index contributed by atoms with van der Waals surface area (Å²) in [6.07, 6.45) is 7.45. The summed E-state index contributed by atoms with van der Waals surface area (Å²) in [5.74, 6) is 1.13. The zero-order chi connectivity index (χ0) is 20.8. The van der Waals surface area contributed by atoms with Gasteiger partial charge in [-0.15, -0.1) is 0 Å². The molecule has 3 aromatic carbocycles. The lowest BCUT2D eigenvalue weighted by Gasteiger charge is -2.09. The number of hydrogen-bond donors (Lipinski definition) is 0. The SMILES string of the molecule is CCCCc1nc(-c2ccccc2)cn1-c1ccc(CCc2cccc(Cl)c2)cc1. The highest BCUT2D eigenvalue weighted by atomic mass is 35.5. The predicted octanol–water partition coefficient (Wildman–Crippen LogP) is 7.32. The maximum Gasteiger partial charge on any atom is 0.113 e. The van der Waals surface area contributed by atoms with E-state index in [-0.39, 0.29) is 0 Å². The Balaban J connectivity index is 1.54. The van der Waals surface area contributed by atoms with E-state index in [0.717, 1.165) is 54.2 Å². The first kappa shape index (κ1) is 20.4. The Morgan fingerprint density at radius 1 is 0.800 bits per heavy atom. The average Bonchev–Trinajstić information content (AvgIpc) is 3.21. The maximum absolute atomic E-state index is 6.10. The molecule has 0 saturated carbocycles. The molecule has 0 amide bonds. The molecule has 2 nitrogen and oxygen atoms in total. The van der Waals surface area contributed by atoms with Crippen LogP contribution in [0.15, 0.2) is 85.1 Å². The Morgan fingerprint density at radius 2 is 1.57 bits per heavy atom. The number of imidazole rings is 1. The molecule has 1 heterocycles. The van der Waals surface area contributed by atoms with Crippen molar-refractivity contribution in [2.45, 2.75) is 39.0 Å². The largest absolute Gasteiger partial charge is 0.303 e. The normalized spacial score (nSPS) is 11.0. The summed E-state index contributed by atoms with van der Waals surface area (Å²) in [6.45, 7) is 2.22. The molecule has 3 heteroatoms. The fourth-order valence-electron chi connectivity index (χ4n) is 3.71. The molecule has 0 saturated heterocycles. The molecule has 30 heavy (non-hydrogen) atoms. The summed E-state index contributed by atoms with van der Waals surface area (Å²) in [5.41, 5.74) is 5.97. The molecule has 152 valence electrons. The lowest BCUT2D eigenvalue weighted by atomic mass is 10.0. The van der Waals surface area contributed by atoms with E-state index in [1.165, 1.54) is 16.8 Å². The molecule has 0 spiro atoms. The van der Waals surface area contributed by atoms with E-state index in [9.17, 15) is 0 Å². The van der Waals surface area contributed by atoms with Crippen molar-refractivity contribution < 1.29 is 0 Å². The topological polar surface area (TPSA) is 17.8 Å². The molecule has 0 bridgehead atoms. The van der Waals surface area contributed by atoms with Crippen LogP contribution >= 0.6 is 11.6 Å². The fraction of sp³-hybridized carbons (Fsp3) is 0.222. The molecule has 0 aliphatic carbocycles. The van der Waals surface area contributed by atoms with E-state index in [2.05, 4.69) is 72.3 Å². The third-order valence-corrected chi connectivity index (χ3v) is 5.64. The second-order valence-electron chi connectivity index (χ2n) is 7.68. The number of unbranched alkanes of at least 4 members (excludes halogenated alkanes) is 1. The summed E-state index contributed by atoms with van der Waals surface area (Å²) >= 11 is 6.10. The van der Waals surface area contributed by atoms with Gasteiger partial charge in [-0.1, -0.05) is 79.5 Å². The quantitative estimate of drug-likeness (QED) is 0.295. The number of aryl methyl sites for hydroxylation is 3. The third-order valence-electron chi connectivity index (χ3n) is 5.41. The van der Waals surface area contributed by atoms with Gasteiger partial charge < -0.3 is 4.57 Å². The van der Waals surface area contributed by atoms with Crippen LogP contribution in [-0.2, 0) is 19.3 Å². The molecule has 0 aliphatic rings. The van der Waals surface area contributed by atoms with Crippen LogP contribution in [0.1, 0.15) is 36.7 Å². The molecule has 0 radical (unpaired) electrons. The summed E-state index contributed by atoms with van der Waals surface area (Å²) in [7, 11) is 0. The molecule has 0 N–H and O–H groups in total. The van der Waals surface area contributed by atoms with Crippen LogP contribution in [0.3, 0.4) is 0 Å². The van der Waals surface area contributed by atoms with Gasteiger partial charge in [0.05, 0.1) is 5.69 Å². The van der Waals surface area contributed by atoms with Gasteiger partial charge in [-0.25, -0.2) is 4.98 Å². The Hall–Kier alpha value is -2.84. The first-order chi connectivity index (χ1) is 14.7. The van der Waals surface area contributed by atoms with Crippen LogP contribution in [0.4, 0.5) is 0 Å². The Labute approximate surface area is 184 Å². The van der Waals surface area contributed by atoms with Gasteiger partial charge in [0.2, 0.25) is 0 Å². The van der Waals surface area contributed by atoms with Gasteiger partial charge in [0.15, 0.2) is 0 Å². The van der Waals surface area contributed by atoms with Crippen molar-refractivity contribution in [2.24, 2.45) is 0 Å². The van der Waals surface area contributed by atoms with Gasteiger partial charge >= 0.3 is 0 Å². The molecular formula is C27H27ClN2. The van der Waals surface area contributed by atoms with Crippen LogP contribution in [0.5, 0.6) is 0 Å². The first-order valence-electron chi connectivity index (χ1n) is 10.7. The monoisotopic (exact) mass is 414 g/mol. The van der Waals surface area contributed by atoms with Gasteiger partial charge in [-0.05, 0) is 54.7 Å². The number of hydrogen-bond acceptors (Lipinski definition) is 1. The Bertz CT molecular complexity index is 1080. The second kappa shape index (κ2) is 9.77. The van der Waals surface area contributed by atoms with Crippen molar-refractivity contribution in [3.63, 3.8) is 0 Å². The number of rotatable bonds is 8. The minimum atomic E-state index is 0.803. The summed E-state index contributed by atoms with van der Waals surface area (Å²) in [5, 5.41) is 0.803. The highest BCUT2D eigenvalue weighted by Crippen LogP contribution is 2.23. The molecule has 0 aliphatic heterocycles. The van der Waals surface area contributed by atoms with Crippen LogP contribution in [0.25, 0.3) is 16.9 Å². The fourth-order valence-corrected chi connectivity index (χ4v) is 3.92. The van der Waals surface area contributed by atoms with Crippen molar-refractivity contribution in [2.75, 3.05) is 0 Å². The van der Waals surface area contributed by atoms with Crippen molar-refractivity contribution in [1.29, 1.82) is 0 Å². The first-order valence-corrected chi connectivity index (χ1v) is 11.1. The standard InChI is InChI=1S/C27H27ClN2/c1-2-3-12-27-29-26(23-9-5-4-6-10-23)20-30(27)25-17-15-21(16-18-25)13-14-22-8-7-11-24(28)19-22/h4-11,15-20H,2-3,12-14H2,1H3. The highest BCUT2D eigenvalue weighted by Gasteiger charge is 2.11. The lowest BCUT2D eigenvalue weighted by molar-refractivity contribution is 0.739. The highest BCUT2D eigenvalue weighted by molar-refractivity contribution is 6.30. The van der Waals surface area contributed by atoms with Crippen LogP contribution in [-0.4, -0.2) is 9.55 Å². The van der Waals surface area contributed by atoms with E-state index < -0.39 is 0 Å². The zero-order valence-corrected chi connectivity index (χ0v) is 18.1. The third kappa shape index (κ3) is 5.01. The summed E-state index contributed by atoms with van der Waals surface area (Å²) in [4.78, 5) is 4.95. The van der Waals surface area contributed by atoms with Gasteiger partial charge in [0, 0.05) is 28.9 Å². The molecule has 0 fully saturated rings. The summed E-state index contributed by atoms with van der Waals surface area (Å²) < 4.78 is 2.25. The van der Waals surface area contributed by atoms with E-state index >= 15 is 0 Å². The average molecular weight is 415 g/mol. The number of aromatic nitrogens is 2. The second-order valence-corrected chi connectivity index (χ2v) is 8.11. The van der Waals surface area contributed by atoms with Gasteiger partial charge in [-0.2, -0.15) is 0 Å². The maximum atomic E-state index is 6.10. The molecule has 0 atom stereocenters. The molecular weight excluding hydrogens is 388 g/mol. The predicted molar refractivity (Wildman–Crippen MR) is 126 cm³/mol. The minimum absolute atomic E-state index is 0.803. The van der Waals surface area contributed by atoms with E-state index in [1.54, 1.807) is 0 Å². The molecule has 4 aromatic rings. The lowest BCUT2D eigenvalue weighted by Crippen LogP contribution is -2.01. The van der Waals surface area contributed by atoms with Crippen molar-refractivity contribution in [3.05, 3.63) is 107 Å². The van der Waals surface area contributed by atoms with E-state index in [0.29, 0.717) is 0 Å². The van der Waals surface area contributed by atoms with Crippen molar-refractivity contribution in [1.82, 2.24) is 9.55 Å². The Morgan fingerprint density at radius 3 is 2.30 bits per heavy atom. The van der Waals surface area contributed by atoms with Gasteiger partial charge in [0.25, 0.3) is 0 Å². The minimum Gasteiger partial charge on any atom is -0.303 e. The molecule has 4 rings (SSSR count). The number of halogens is 1. The van der Waals surface area contributed by atoms with Crippen molar-refractivity contribution in [3.8, 4) is 16.9 Å². The van der Waals surface area contributed by atoms with Crippen molar-refractivity contribution >= 4 is 11.6 Å². The van der Waals surface area contributed by atoms with E-state index in [4.69, 9.17) is 16.6 Å². The van der Waals surface area contributed by atoms with Crippen LogP contribution in [0.2, 0.25) is 5.02 Å². The van der Waals surface area contributed by atoms with Crippen LogP contribution in [0, 0.1) is 0 Å². The Kier molecular flexibility index (Phi) is 6.66. The smallest absolute Gasteiger partial charge is 0.113 e. The number of nitrogens with zero attached hydrogens (tertiary/aromatic N) is 2. The molecule has 0 unspecified atom stereocenters. The van der Waals surface area contributed by atoms with E-state index in [1.807, 2.05) is 24.3 Å². The summed E-state index contributed by atoms with van der Waals surface area (Å²) in [6, 6.07) is 27.4. The number of benzene rings is 3. The molecule has 1 aromatic heterocycles. The van der Waals surface area contributed by atoms with Gasteiger partial charge in [-0.3, -0.25) is 0 Å². The van der Waals surface area contributed by atoms with Crippen LogP contribution < -0.4 is 0 Å². The van der Waals surface area contributed by atoms with Gasteiger partial charge in [0.1, 0.15) is 5.82 Å². The zero-order valence-electron chi connectivity index (χ0n) is 17.4.